The summed E-state index contributed by atoms with van der Waals surface area (Å²) in [4.78, 5) is 32.0. The van der Waals surface area contributed by atoms with Gasteiger partial charge in [-0.05, 0) is 50.5 Å². The molecule has 30 heavy (non-hydrogen) atoms. The lowest BCUT2D eigenvalue weighted by atomic mass is 10.0. The van der Waals surface area contributed by atoms with Crippen molar-refractivity contribution in [2.75, 3.05) is 25.0 Å². The number of rotatable bonds is 4. The van der Waals surface area contributed by atoms with Crippen molar-refractivity contribution in [3.8, 4) is 5.75 Å². The molecule has 2 aromatic carbocycles. The summed E-state index contributed by atoms with van der Waals surface area (Å²) in [6.45, 7) is 5.55. The number of benzene rings is 2. The predicted molar refractivity (Wildman–Crippen MR) is 117 cm³/mol. The van der Waals surface area contributed by atoms with Crippen LogP contribution < -0.4 is 15.6 Å². The average molecular weight is 406 g/mol. The highest BCUT2D eigenvalue weighted by Gasteiger charge is 2.25. The van der Waals surface area contributed by atoms with Crippen molar-refractivity contribution in [1.82, 2.24) is 14.5 Å². The molecule has 7 heteroatoms. The molecule has 1 fully saturated rings. The Kier molecular flexibility index (Phi) is 5.70. The number of fused-ring (bicyclic) bond motifs is 1. The Morgan fingerprint density at radius 3 is 2.70 bits per heavy atom. The Labute approximate surface area is 175 Å². The van der Waals surface area contributed by atoms with E-state index in [9.17, 15) is 9.59 Å². The number of aryl methyl sites for hydroxylation is 1. The first-order chi connectivity index (χ1) is 14.6. The van der Waals surface area contributed by atoms with Gasteiger partial charge in [0.15, 0.2) is 0 Å². The fourth-order valence-corrected chi connectivity index (χ4v) is 3.97. The largest absolute Gasteiger partial charge is 0.492 e. The number of hydrogen-bond acceptors (Lipinski definition) is 4. The number of aromatic nitrogens is 2. The molecule has 1 saturated heterocycles. The van der Waals surface area contributed by atoms with Crippen molar-refractivity contribution in [3.63, 3.8) is 0 Å². The van der Waals surface area contributed by atoms with E-state index in [0.29, 0.717) is 49.4 Å². The molecule has 2 amide bonds. The molecule has 0 radical (unpaired) electrons. The minimum Gasteiger partial charge on any atom is -0.492 e. The number of para-hydroxylation sites is 3. The average Bonchev–Trinajstić information content (AvgIpc) is 2.76. The molecule has 1 aromatic heterocycles. The molecule has 2 heterocycles. The molecule has 0 atom stereocenters. The second kappa shape index (κ2) is 8.57. The van der Waals surface area contributed by atoms with Gasteiger partial charge in [-0.2, -0.15) is 0 Å². The lowest BCUT2D eigenvalue weighted by Gasteiger charge is -2.33. The number of carbonyl (C=O) groups excluding carboxylic acids is 1. The summed E-state index contributed by atoms with van der Waals surface area (Å²) in [5, 5.41) is 3.59. The van der Waals surface area contributed by atoms with E-state index in [4.69, 9.17) is 4.74 Å². The maximum absolute atomic E-state index is 13.0. The SMILES string of the molecule is CCOc1ccccc1NC(=O)N1CCC(n2cnc3c(C)cccc3c2=O)CC1. The van der Waals surface area contributed by atoms with Crippen LogP contribution in [0.15, 0.2) is 53.6 Å². The summed E-state index contributed by atoms with van der Waals surface area (Å²) in [5.41, 5.74) is 2.40. The van der Waals surface area contributed by atoms with Crippen molar-refractivity contribution in [3.05, 3.63) is 64.7 Å². The van der Waals surface area contributed by atoms with Crippen LogP contribution in [0, 0.1) is 6.92 Å². The number of carbonyl (C=O) groups is 1. The lowest BCUT2D eigenvalue weighted by molar-refractivity contribution is 0.182. The first-order valence-corrected chi connectivity index (χ1v) is 10.3. The molecule has 0 spiro atoms. The van der Waals surface area contributed by atoms with Crippen LogP contribution in [0.25, 0.3) is 10.9 Å². The highest BCUT2D eigenvalue weighted by Crippen LogP contribution is 2.26. The van der Waals surface area contributed by atoms with E-state index in [0.717, 1.165) is 11.1 Å². The first kappa shape index (κ1) is 19.9. The smallest absolute Gasteiger partial charge is 0.321 e. The van der Waals surface area contributed by atoms with Crippen LogP contribution in [-0.2, 0) is 0 Å². The summed E-state index contributed by atoms with van der Waals surface area (Å²) in [6.07, 6.45) is 3.06. The van der Waals surface area contributed by atoms with Gasteiger partial charge in [0.1, 0.15) is 5.75 Å². The van der Waals surface area contributed by atoms with Crippen molar-refractivity contribution < 1.29 is 9.53 Å². The van der Waals surface area contributed by atoms with Crippen molar-refractivity contribution in [1.29, 1.82) is 0 Å². The summed E-state index contributed by atoms with van der Waals surface area (Å²) >= 11 is 0. The summed E-state index contributed by atoms with van der Waals surface area (Å²) in [5.74, 6) is 0.660. The van der Waals surface area contributed by atoms with Crippen molar-refractivity contribution in [2.24, 2.45) is 0 Å². The zero-order valence-corrected chi connectivity index (χ0v) is 17.3. The molecule has 4 rings (SSSR count). The van der Waals surface area contributed by atoms with Gasteiger partial charge in [0.2, 0.25) is 0 Å². The van der Waals surface area contributed by atoms with Gasteiger partial charge in [0, 0.05) is 19.1 Å². The Morgan fingerprint density at radius 2 is 1.93 bits per heavy atom. The molecule has 0 bridgehead atoms. The number of anilines is 1. The Hall–Kier alpha value is -3.35. The van der Waals surface area contributed by atoms with Crippen LogP contribution in [0.3, 0.4) is 0 Å². The Bertz CT molecular complexity index is 1120. The lowest BCUT2D eigenvalue weighted by Crippen LogP contribution is -2.42. The molecule has 3 aromatic rings. The van der Waals surface area contributed by atoms with E-state index in [-0.39, 0.29) is 17.6 Å². The number of nitrogens with zero attached hydrogens (tertiary/aromatic N) is 3. The number of ether oxygens (including phenoxy) is 1. The molecule has 1 aliphatic heterocycles. The van der Waals surface area contributed by atoms with Gasteiger partial charge in [-0.25, -0.2) is 9.78 Å². The molecular formula is C23H26N4O3. The maximum Gasteiger partial charge on any atom is 0.321 e. The molecule has 0 saturated carbocycles. The van der Waals surface area contributed by atoms with Gasteiger partial charge in [-0.3, -0.25) is 9.36 Å². The minimum absolute atomic E-state index is 0.0164. The number of piperidine rings is 1. The third kappa shape index (κ3) is 3.87. The van der Waals surface area contributed by atoms with Crippen LogP contribution in [0.2, 0.25) is 0 Å². The summed E-state index contributed by atoms with van der Waals surface area (Å²) in [7, 11) is 0. The molecule has 0 unspecified atom stereocenters. The van der Waals surface area contributed by atoms with Gasteiger partial charge in [0.05, 0.1) is 29.5 Å². The highest BCUT2D eigenvalue weighted by molar-refractivity contribution is 5.91. The topological polar surface area (TPSA) is 76.5 Å². The van der Waals surface area contributed by atoms with Crippen LogP contribution in [0.4, 0.5) is 10.5 Å². The number of nitrogens with one attached hydrogen (secondary N) is 1. The van der Waals surface area contributed by atoms with Gasteiger partial charge < -0.3 is 15.0 Å². The van der Waals surface area contributed by atoms with Crippen LogP contribution in [0.5, 0.6) is 5.75 Å². The van der Waals surface area contributed by atoms with E-state index in [2.05, 4.69) is 10.3 Å². The van der Waals surface area contributed by atoms with Gasteiger partial charge in [0.25, 0.3) is 5.56 Å². The Balaban J connectivity index is 1.44. The van der Waals surface area contributed by atoms with E-state index in [1.54, 1.807) is 15.8 Å². The molecular weight excluding hydrogens is 380 g/mol. The summed E-state index contributed by atoms with van der Waals surface area (Å²) < 4.78 is 7.30. The quantitative estimate of drug-likeness (QED) is 0.711. The Morgan fingerprint density at radius 1 is 1.17 bits per heavy atom. The second-order valence-corrected chi connectivity index (χ2v) is 7.51. The fraction of sp³-hybridized carbons (Fsp3) is 0.348. The molecule has 156 valence electrons. The van der Waals surface area contributed by atoms with E-state index < -0.39 is 0 Å². The molecule has 1 N–H and O–H groups in total. The van der Waals surface area contributed by atoms with E-state index in [1.165, 1.54) is 0 Å². The third-order valence-corrected chi connectivity index (χ3v) is 5.59. The zero-order valence-electron chi connectivity index (χ0n) is 17.3. The van der Waals surface area contributed by atoms with Crippen molar-refractivity contribution >= 4 is 22.6 Å². The van der Waals surface area contributed by atoms with Crippen LogP contribution in [-0.4, -0.2) is 40.2 Å². The third-order valence-electron chi connectivity index (χ3n) is 5.59. The number of likely N-dealkylation sites (tertiary alicyclic amines) is 1. The standard InChI is InChI=1S/C23H26N4O3/c1-3-30-20-10-5-4-9-19(20)25-23(29)26-13-11-17(12-14-26)27-15-24-21-16(2)7-6-8-18(21)22(27)28/h4-10,15,17H,3,11-14H2,1-2H3,(H,25,29). The minimum atomic E-state index is -0.153. The van der Waals surface area contributed by atoms with E-state index >= 15 is 0 Å². The maximum atomic E-state index is 13.0. The number of hydrogen-bond donors (Lipinski definition) is 1. The number of amides is 2. The predicted octanol–water partition coefficient (Wildman–Crippen LogP) is 3.97. The number of urea groups is 1. The second-order valence-electron chi connectivity index (χ2n) is 7.51. The fourth-order valence-electron chi connectivity index (χ4n) is 3.97. The van der Waals surface area contributed by atoms with E-state index in [1.807, 2.05) is 56.3 Å². The molecule has 0 aliphatic carbocycles. The van der Waals surface area contributed by atoms with Gasteiger partial charge >= 0.3 is 6.03 Å². The zero-order chi connectivity index (χ0) is 21.1. The molecule has 1 aliphatic rings. The summed E-state index contributed by atoms with van der Waals surface area (Å²) in [6, 6.07) is 13.0. The van der Waals surface area contributed by atoms with Gasteiger partial charge in [-0.15, -0.1) is 0 Å². The van der Waals surface area contributed by atoms with Gasteiger partial charge in [-0.1, -0.05) is 24.3 Å². The highest BCUT2D eigenvalue weighted by atomic mass is 16.5. The van der Waals surface area contributed by atoms with Crippen LogP contribution >= 0.6 is 0 Å². The van der Waals surface area contributed by atoms with Crippen LogP contribution in [0.1, 0.15) is 31.4 Å². The monoisotopic (exact) mass is 406 g/mol. The molecule has 7 nitrogen and oxygen atoms in total. The van der Waals surface area contributed by atoms with Crippen molar-refractivity contribution in [2.45, 2.75) is 32.7 Å². The first-order valence-electron chi connectivity index (χ1n) is 10.3. The normalized spacial score (nSPS) is 14.7.